The summed E-state index contributed by atoms with van der Waals surface area (Å²) in [4.78, 5) is 26.7. The number of benzene rings is 1. The maximum atomic E-state index is 11.9. The lowest BCUT2D eigenvalue weighted by Gasteiger charge is -2.03. The molecule has 1 heterocycles. The second kappa shape index (κ2) is 5.59. The molecule has 1 aromatic carbocycles. The molecule has 19 heavy (non-hydrogen) atoms. The number of hydrogen-bond acceptors (Lipinski definition) is 5. The van der Waals surface area contributed by atoms with Crippen LogP contribution in [0.3, 0.4) is 0 Å². The number of nitrogens with two attached hydrogens (primary N) is 1. The normalized spacial score (nSPS) is 10.2. The van der Waals surface area contributed by atoms with Crippen molar-refractivity contribution in [3.05, 3.63) is 45.9 Å². The van der Waals surface area contributed by atoms with Crippen molar-refractivity contribution in [1.82, 2.24) is 4.98 Å². The van der Waals surface area contributed by atoms with Crippen LogP contribution in [-0.4, -0.2) is 22.0 Å². The fourth-order valence-corrected chi connectivity index (χ4v) is 2.09. The van der Waals surface area contributed by atoms with Crippen LogP contribution in [0.15, 0.2) is 29.6 Å². The van der Waals surface area contributed by atoms with Crippen molar-refractivity contribution in [3.63, 3.8) is 0 Å². The summed E-state index contributed by atoms with van der Waals surface area (Å²) < 4.78 is 0. The Labute approximate surface area is 112 Å². The van der Waals surface area contributed by atoms with Crippen molar-refractivity contribution in [3.8, 4) is 0 Å². The molecule has 7 heteroatoms. The molecule has 0 aliphatic rings. The smallest absolute Gasteiger partial charge is 0.335 e. The van der Waals surface area contributed by atoms with E-state index in [9.17, 15) is 9.59 Å². The number of carboxylic acid groups (broad SMARTS) is 1. The molecule has 0 atom stereocenters. The molecular formula is C12H11N3O3S. The SMILES string of the molecule is NCc1nc(C(=O)Nc2cccc(C(=O)O)c2)cs1. The van der Waals surface area contributed by atoms with E-state index in [0.29, 0.717) is 10.7 Å². The number of carbonyl (C=O) groups excluding carboxylic acids is 1. The summed E-state index contributed by atoms with van der Waals surface area (Å²) in [6.45, 7) is 0.284. The fourth-order valence-electron chi connectivity index (χ4n) is 1.43. The molecule has 2 rings (SSSR count). The Kier molecular flexibility index (Phi) is 3.88. The molecule has 2 aromatic rings. The number of rotatable bonds is 4. The number of thiazole rings is 1. The predicted molar refractivity (Wildman–Crippen MR) is 71.4 cm³/mol. The zero-order chi connectivity index (χ0) is 13.8. The summed E-state index contributed by atoms with van der Waals surface area (Å²) >= 11 is 1.31. The van der Waals surface area contributed by atoms with Gasteiger partial charge < -0.3 is 16.2 Å². The number of hydrogen-bond donors (Lipinski definition) is 3. The number of nitrogens with one attached hydrogen (secondary N) is 1. The average Bonchev–Trinajstić information content (AvgIpc) is 2.88. The van der Waals surface area contributed by atoms with Gasteiger partial charge in [-0.25, -0.2) is 9.78 Å². The van der Waals surface area contributed by atoms with Gasteiger partial charge in [0.2, 0.25) is 0 Å². The molecule has 0 spiro atoms. The van der Waals surface area contributed by atoms with Crippen LogP contribution in [-0.2, 0) is 6.54 Å². The van der Waals surface area contributed by atoms with Crippen LogP contribution in [0.4, 0.5) is 5.69 Å². The lowest BCUT2D eigenvalue weighted by molar-refractivity contribution is 0.0696. The van der Waals surface area contributed by atoms with Crippen LogP contribution in [0.1, 0.15) is 25.9 Å². The number of anilines is 1. The topological polar surface area (TPSA) is 105 Å². The van der Waals surface area contributed by atoms with E-state index >= 15 is 0 Å². The van der Waals surface area contributed by atoms with Crippen LogP contribution in [0, 0.1) is 0 Å². The minimum Gasteiger partial charge on any atom is -0.478 e. The standard InChI is InChI=1S/C12H11N3O3S/c13-5-10-15-9(6-19-10)11(16)14-8-3-1-2-7(4-8)12(17)18/h1-4,6H,5,13H2,(H,14,16)(H,17,18). The Morgan fingerprint density at radius 2 is 2.21 bits per heavy atom. The first kappa shape index (κ1) is 13.2. The van der Waals surface area contributed by atoms with Crippen LogP contribution in [0.2, 0.25) is 0 Å². The number of aromatic nitrogens is 1. The van der Waals surface area contributed by atoms with Crippen molar-refractivity contribution in [1.29, 1.82) is 0 Å². The first-order valence-electron chi connectivity index (χ1n) is 5.39. The molecule has 0 saturated heterocycles. The Morgan fingerprint density at radius 1 is 1.42 bits per heavy atom. The van der Waals surface area contributed by atoms with E-state index in [1.807, 2.05) is 0 Å². The third kappa shape index (κ3) is 3.15. The molecule has 4 N–H and O–H groups in total. The third-order valence-electron chi connectivity index (χ3n) is 2.33. The molecule has 0 aliphatic heterocycles. The first-order chi connectivity index (χ1) is 9.10. The highest BCUT2D eigenvalue weighted by molar-refractivity contribution is 7.09. The molecule has 0 unspecified atom stereocenters. The van der Waals surface area contributed by atoms with Crippen LogP contribution >= 0.6 is 11.3 Å². The van der Waals surface area contributed by atoms with E-state index in [-0.39, 0.29) is 17.8 Å². The summed E-state index contributed by atoms with van der Waals surface area (Å²) in [7, 11) is 0. The molecule has 0 fully saturated rings. The number of nitrogens with zero attached hydrogens (tertiary/aromatic N) is 1. The van der Waals surface area contributed by atoms with E-state index < -0.39 is 11.9 Å². The largest absolute Gasteiger partial charge is 0.478 e. The van der Waals surface area contributed by atoms with Crippen molar-refractivity contribution in [2.75, 3.05) is 5.32 Å². The van der Waals surface area contributed by atoms with Gasteiger partial charge in [-0.3, -0.25) is 4.79 Å². The quantitative estimate of drug-likeness (QED) is 0.786. The molecule has 1 amide bonds. The Hall–Kier alpha value is -2.25. The van der Waals surface area contributed by atoms with E-state index in [4.69, 9.17) is 10.8 Å². The monoisotopic (exact) mass is 277 g/mol. The van der Waals surface area contributed by atoms with Gasteiger partial charge in [-0.1, -0.05) is 6.07 Å². The van der Waals surface area contributed by atoms with Gasteiger partial charge in [-0.2, -0.15) is 0 Å². The van der Waals surface area contributed by atoms with Crippen LogP contribution < -0.4 is 11.1 Å². The summed E-state index contributed by atoms with van der Waals surface area (Å²) in [5.74, 6) is -1.44. The van der Waals surface area contributed by atoms with Crippen molar-refractivity contribution in [2.45, 2.75) is 6.54 Å². The molecule has 0 radical (unpaired) electrons. The predicted octanol–water partition coefficient (Wildman–Crippen LogP) is 1.55. The van der Waals surface area contributed by atoms with Crippen molar-refractivity contribution in [2.24, 2.45) is 5.73 Å². The highest BCUT2D eigenvalue weighted by Gasteiger charge is 2.11. The van der Waals surface area contributed by atoms with Crippen molar-refractivity contribution >= 4 is 28.9 Å². The van der Waals surface area contributed by atoms with Gasteiger partial charge in [0.05, 0.1) is 5.56 Å². The van der Waals surface area contributed by atoms with Gasteiger partial charge in [0, 0.05) is 17.6 Å². The minimum atomic E-state index is -1.05. The Bertz CT molecular complexity index is 624. The summed E-state index contributed by atoms with van der Waals surface area (Å²) in [5, 5.41) is 13.7. The number of amides is 1. The second-order valence-corrected chi connectivity index (χ2v) is 4.61. The average molecular weight is 277 g/mol. The number of carboxylic acids is 1. The van der Waals surface area contributed by atoms with Gasteiger partial charge >= 0.3 is 5.97 Å². The fraction of sp³-hybridized carbons (Fsp3) is 0.0833. The summed E-state index contributed by atoms with van der Waals surface area (Å²) in [6.07, 6.45) is 0. The van der Waals surface area contributed by atoms with Crippen molar-refractivity contribution < 1.29 is 14.7 Å². The number of carbonyl (C=O) groups is 2. The Morgan fingerprint density at radius 3 is 2.84 bits per heavy atom. The van der Waals surface area contributed by atoms with Gasteiger partial charge in [-0.15, -0.1) is 11.3 Å². The van der Waals surface area contributed by atoms with E-state index in [1.165, 1.54) is 23.5 Å². The zero-order valence-electron chi connectivity index (χ0n) is 9.79. The maximum Gasteiger partial charge on any atom is 0.335 e. The Balaban J connectivity index is 2.14. The zero-order valence-corrected chi connectivity index (χ0v) is 10.6. The molecule has 98 valence electrons. The highest BCUT2D eigenvalue weighted by atomic mass is 32.1. The molecule has 0 bridgehead atoms. The van der Waals surface area contributed by atoms with Gasteiger partial charge in [0.25, 0.3) is 5.91 Å². The number of aromatic carboxylic acids is 1. The maximum absolute atomic E-state index is 11.9. The van der Waals surface area contributed by atoms with Gasteiger partial charge in [0.1, 0.15) is 10.7 Å². The minimum absolute atomic E-state index is 0.110. The van der Waals surface area contributed by atoms with Gasteiger partial charge in [-0.05, 0) is 18.2 Å². The summed E-state index contributed by atoms with van der Waals surface area (Å²) in [5.41, 5.74) is 6.21. The first-order valence-corrected chi connectivity index (χ1v) is 6.27. The van der Waals surface area contributed by atoms with Gasteiger partial charge in [0.15, 0.2) is 0 Å². The molecule has 0 saturated carbocycles. The molecular weight excluding hydrogens is 266 g/mol. The molecule has 6 nitrogen and oxygen atoms in total. The van der Waals surface area contributed by atoms with E-state index in [2.05, 4.69) is 10.3 Å². The third-order valence-corrected chi connectivity index (χ3v) is 3.20. The lowest BCUT2D eigenvalue weighted by Crippen LogP contribution is -2.13. The second-order valence-electron chi connectivity index (χ2n) is 3.67. The molecule has 0 aliphatic carbocycles. The van der Waals surface area contributed by atoms with E-state index in [1.54, 1.807) is 17.5 Å². The van der Waals surface area contributed by atoms with Crippen LogP contribution in [0.5, 0.6) is 0 Å². The van der Waals surface area contributed by atoms with Crippen LogP contribution in [0.25, 0.3) is 0 Å². The highest BCUT2D eigenvalue weighted by Crippen LogP contribution is 2.14. The lowest BCUT2D eigenvalue weighted by atomic mass is 10.2. The van der Waals surface area contributed by atoms with E-state index in [0.717, 1.165) is 0 Å². The molecule has 1 aromatic heterocycles. The summed E-state index contributed by atoms with van der Waals surface area (Å²) in [6, 6.07) is 6.01.